The molecule has 0 atom stereocenters. The van der Waals surface area contributed by atoms with E-state index in [9.17, 15) is 9.59 Å². The number of aromatic nitrogens is 1. The van der Waals surface area contributed by atoms with Gasteiger partial charge in [-0.2, -0.15) is 0 Å². The van der Waals surface area contributed by atoms with Crippen molar-refractivity contribution in [2.45, 2.75) is 32.1 Å². The van der Waals surface area contributed by atoms with Gasteiger partial charge in [-0.05, 0) is 37.4 Å². The van der Waals surface area contributed by atoms with Crippen molar-refractivity contribution in [3.05, 3.63) is 29.6 Å². The van der Waals surface area contributed by atoms with Gasteiger partial charge in [-0.25, -0.2) is 9.78 Å². The fraction of sp³-hybridized carbons (Fsp3) is 0.421. The molecule has 1 saturated carbocycles. The van der Waals surface area contributed by atoms with E-state index in [1.165, 1.54) is 43.4 Å². The zero-order valence-corrected chi connectivity index (χ0v) is 15.8. The van der Waals surface area contributed by atoms with Gasteiger partial charge in [0.2, 0.25) is 5.91 Å². The molecule has 2 aromatic rings. The molecule has 1 aliphatic rings. The van der Waals surface area contributed by atoms with Crippen LogP contribution in [-0.2, 0) is 4.79 Å². The molecule has 0 aliphatic heterocycles. The largest absolute Gasteiger partial charge is 0.465 e. The Hall–Kier alpha value is -2.45. The highest BCUT2D eigenvalue weighted by Crippen LogP contribution is 2.26. The van der Waals surface area contributed by atoms with Crippen LogP contribution in [-0.4, -0.2) is 35.2 Å². The SMILES string of the molecule is O=C(O)Nc1nc(-c2ccc(NC(=O)CNCC3CCCCC3)cc2)cs1. The van der Waals surface area contributed by atoms with Gasteiger partial charge in [0.25, 0.3) is 0 Å². The van der Waals surface area contributed by atoms with E-state index in [4.69, 9.17) is 5.11 Å². The highest BCUT2D eigenvalue weighted by molar-refractivity contribution is 7.14. The summed E-state index contributed by atoms with van der Waals surface area (Å²) in [5.74, 6) is 0.643. The van der Waals surface area contributed by atoms with Gasteiger partial charge in [-0.1, -0.05) is 31.4 Å². The molecule has 0 bridgehead atoms. The lowest BCUT2D eigenvalue weighted by Gasteiger charge is -2.21. The minimum absolute atomic E-state index is 0.0554. The van der Waals surface area contributed by atoms with Crippen molar-refractivity contribution in [1.29, 1.82) is 0 Å². The number of nitrogens with zero attached hydrogens (tertiary/aromatic N) is 1. The summed E-state index contributed by atoms with van der Waals surface area (Å²) in [6.45, 7) is 1.22. The predicted molar refractivity (Wildman–Crippen MR) is 107 cm³/mol. The normalized spacial score (nSPS) is 14.7. The Morgan fingerprint density at radius 3 is 2.56 bits per heavy atom. The van der Waals surface area contributed by atoms with Crippen molar-refractivity contribution in [1.82, 2.24) is 10.3 Å². The molecular weight excluding hydrogens is 364 g/mol. The molecule has 4 N–H and O–H groups in total. The van der Waals surface area contributed by atoms with E-state index < -0.39 is 6.09 Å². The lowest BCUT2D eigenvalue weighted by atomic mass is 9.89. The van der Waals surface area contributed by atoms with Crippen molar-refractivity contribution >= 4 is 34.2 Å². The lowest BCUT2D eigenvalue weighted by Crippen LogP contribution is -2.32. The summed E-state index contributed by atoms with van der Waals surface area (Å²) in [7, 11) is 0. The van der Waals surface area contributed by atoms with Gasteiger partial charge in [-0.15, -0.1) is 11.3 Å². The number of hydrogen-bond donors (Lipinski definition) is 4. The maximum absolute atomic E-state index is 12.1. The summed E-state index contributed by atoms with van der Waals surface area (Å²) in [5, 5.41) is 19.2. The molecule has 0 spiro atoms. The van der Waals surface area contributed by atoms with Crippen LogP contribution in [0, 0.1) is 5.92 Å². The van der Waals surface area contributed by atoms with E-state index in [2.05, 4.69) is 20.9 Å². The van der Waals surface area contributed by atoms with Gasteiger partial charge in [0.1, 0.15) is 0 Å². The van der Waals surface area contributed by atoms with Crippen LogP contribution in [0.3, 0.4) is 0 Å². The topological polar surface area (TPSA) is 103 Å². The third-order valence-corrected chi connectivity index (χ3v) is 5.38. The van der Waals surface area contributed by atoms with Gasteiger partial charge in [0.05, 0.1) is 12.2 Å². The van der Waals surface area contributed by atoms with E-state index in [1.54, 1.807) is 5.38 Å². The van der Waals surface area contributed by atoms with Gasteiger partial charge < -0.3 is 15.7 Å². The number of thiazole rings is 1. The molecule has 144 valence electrons. The second kappa shape index (κ2) is 9.48. The van der Waals surface area contributed by atoms with Crippen molar-refractivity contribution in [3.8, 4) is 11.3 Å². The van der Waals surface area contributed by atoms with Gasteiger partial charge in [-0.3, -0.25) is 10.1 Å². The molecule has 2 amide bonds. The minimum Gasteiger partial charge on any atom is -0.465 e. The first-order valence-corrected chi connectivity index (χ1v) is 10.0. The number of benzene rings is 1. The van der Waals surface area contributed by atoms with E-state index in [0.29, 0.717) is 23.3 Å². The van der Waals surface area contributed by atoms with E-state index in [-0.39, 0.29) is 5.91 Å². The summed E-state index contributed by atoms with van der Waals surface area (Å²) in [4.78, 5) is 26.9. The van der Waals surface area contributed by atoms with Crippen LogP contribution >= 0.6 is 11.3 Å². The van der Waals surface area contributed by atoms with Crippen LogP contribution in [0.1, 0.15) is 32.1 Å². The Labute approximate surface area is 162 Å². The smallest absolute Gasteiger partial charge is 0.410 e. The first-order valence-electron chi connectivity index (χ1n) is 9.16. The first kappa shape index (κ1) is 19.3. The maximum Gasteiger partial charge on any atom is 0.410 e. The predicted octanol–water partition coefficient (Wildman–Crippen LogP) is 4.01. The average molecular weight is 388 g/mol. The number of hydrogen-bond acceptors (Lipinski definition) is 5. The Morgan fingerprint density at radius 1 is 1.11 bits per heavy atom. The molecule has 0 unspecified atom stereocenters. The van der Waals surface area contributed by atoms with Crippen LogP contribution in [0.4, 0.5) is 15.6 Å². The molecule has 1 fully saturated rings. The van der Waals surface area contributed by atoms with E-state index >= 15 is 0 Å². The molecule has 1 heterocycles. The molecule has 0 saturated heterocycles. The summed E-state index contributed by atoms with van der Waals surface area (Å²) < 4.78 is 0. The number of carbonyl (C=O) groups excluding carboxylic acids is 1. The quantitative estimate of drug-likeness (QED) is 0.574. The number of carboxylic acid groups (broad SMARTS) is 1. The van der Waals surface area contributed by atoms with Crippen molar-refractivity contribution in [3.63, 3.8) is 0 Å². The van der Waals surface area contributed by atoms with E-state index in [0.717, 1.165) is 17.8 Å². The zero-order chi connectivity index (χ0) is 19.1. The van der Waals surface area contributed by atoms with E-state index in [1.807, 2.05) is 24.3 Å². The Kier molecular flexibility index (Phi) is 6.78. The third kappa shape index (κ3) is 6.04. The summed E-state index contributed by atoms with van der Waals surface area (Å²) in [6.07, 6.45) is 5.33. The molecule has 0 radical (unpaired) electrons. The van der Waals surface area contributed by atoms with Crippen molar-refractivity contribution in [2.75, 3.05) is 23.7 Å². The lowest BCUT2D eigenvalue weighted by molar-refractivity contribution is -0.115. The molecule has 27 heavy (non-hydrogen) atoms. The minimum atomic E-state index is -1.13. The molecule has 7 nitrogen and oxygen atoms in total. The molecular formula is C19H24N4O3S. The second-order valence-corrected chi connectivity index (χ2v) is 7.59. The number of rotatable bonds is 7. The van der Waals surface area contributed by atoms with Crippen molar-refractivity contribution in [2.24, 2.45) is 5.92 Å². The summed E-state index contributed by atoms with van der Waals surface area (Å²) >= 11 is 1.23. The highest BCUT2D eigenvalue weighted by Gasteiger charge is 2.13. The zero-order valence-electron chi connectivity index (χ0n) is 15.0. The Morgan fingerprint density at radius 2 is 1.85 bits per heavy atom. The Bertz CT molecular complexity index is 770. The number of anilines is 2. The maximum atomic E-state index is 12.1. The fourth-order valence-electron chi connectivity index (χ4n) is 3.27. The number of nitrogens with one attached hydrogen (secondary N) is 3. The van der Waals surface area contributed by atoms with Gasteiger partial charge in [0.15, 0.2) is 5.13 Å². The first-order chi connectivity index (χ1) is 13.1. The summed E-state index contributed by atoms with van der Waals surface area (Å²) in [5.41, 5.74) is 2.27. The molecule has 8 heteroatoms. The van der Waals surface area contributed by atoms with Crippen LogP contribution in [0.5, 0.6) is 0 Å². The number of amides is 2. The standard InChI is InChI=1S/C19H24N4O3S/c24-17(11-20-10-13-4-2-1-3-5-13)21-15-8-6-14(7-9-15)16-12-27-18(22-16)23-19(25)26/h6-9,12-13,20H,1-5,10-11H2,(H,21,24)(H,22,23)(H,25,26). The van der Waals surface area contributed by atoms with Crippen LogP contribution < -0.4 is 16.0 Å². The molecule has 1 aliphatic carbocycles. The van der Waals surface area contributed by atoms with Crippen molar-refractivity contribution < 1.29 is 14.7 Å². The average Bonchev–Trinajstić information content (AvgIpc) is 3.11. The molecule has 1 aromatic heterocycles. The Balaban J connectivity index is 1.46. The second-order valence-electron chi connectivity index (χ2n) is 6.73. The van der Waals surface area contributed by atoms with Gasteiger partial charge >= 0.3 is 6.09 Å². The van der Waals surface area contributed by atoms with Crippen LogP contribution in [0.25, 0.3) is 11.3 Å². The molecule has 1 aromatic carbocycles. The van der Waals surface area contributed by atoms with Gasteiger partial charge in [0, 0.05) is 16.6 Å². The van der Waals surface area contributed by atoms with Crippen LogP contribution in [0.2, 0.25) is 0 Å². The van der Waals surface area contributed by atoms with Crippen LogP contribution in [0.15, 0.2) is 29.6 Å². The summed E-state index contributed by atoms with van der Waals surface area (Å²) in [6, 6.07) is 7.34. The fourth-order valence-corrected chi connectivity index (χ4v) is 3.98. The monoisotopic (exact) mass is 388 g/mol. The number of carbonyl (C=O) groups is 2. The molecule has 3 rings (SSSR count). The highest BCUT2D eigenvalue weighted by atomic mass is 32.1. The third-order valence-electron chi connectivity index (χ3n) is 4.63.